The molecule has 1 aliphatic carbocycles. The van der Waals surface area contributed by atoms with Gasteiger partial charge < -0.3 is 10.1 Å². The second-order valence-electron chi connectivity index (χ2n) is 6.71. The highest BCUT2D eigenvalue weighted by Crippen LogP contribution is 2.33. The van der Waals surface area contributed by atoms with E-state index in [9.17, 15) is 9.18 Å². The summed E-state index contributed by atoms with van der Waals surface area (Å²) in [5, 5.41) is 5.77. The second-order valence-corrected chi connectivity index (χ2v) is 7.98. The fraction of sp³-hybridized carbons (Fsp3) is 0.238. The third-order valence-corrected chi connectivity index (χ3v) is 5.70. The first kappa shape index (κ1) is 18.9. The average molecular weight is 417 g/mol. The third kappa shape index (κ3) is 4.51. The molecule has 0 unspecified atom stereocenters. The van der Waals surface area contributed by atoms with Crippen LogP contribution in [0.3, 0.4) is 0 Å². The van der Waals surface area contributed by atoms with E-state index in [-0.39, 0.29) is 18.3 Å². The van der Waals surface area contributed by atoms with Gasteiger partial charge in [-0.25, -0.2) is 9.37 Å². The van der Waals surface area contributed by atoms with Crippen LogP contribution in [-0.2, 0) is 6.61 Å². The Bertz CT molecular complexity index is 1000. The Morgan fingerprint density at radius 1 is 1.29 bits per heavy atom. The molecule has 0 saturated heterocycles. The van der Waals surface area contributed by atoms with Crippen LogP contribution in [0.4, 0.5) is 4.39 Å². The number of aromatic nitrogens is 1. The van der Waals surface area contributed by atoms with E-state index in [0.717, 1.165) is 5.56 Å². The fourth-order valence-electron chi connectivity index (χ4n) is 2.69. The standard InChI is InChI=1S/C21H18ClFN2O2S/c22-17-9-15(27-11-14-3-1-2-4-18(14)23)7-8-16(17)21-25-19(12-28-21)20(26)24-10-13-5-6-13/h1-4,7-9,12-13H,5-6,10-11H2,(H,24,26). The number of hydrogen-bond donors (Lipinski definition) is 1. The molecule has 0 spiro atoms. The molecule has 2 aromatic carbocycles. The molecule has 1 saturated carbocycles. The fourth-order valence-corrected chi connectivity index (χ4v) is 3.84. The predicted molar refractivity (Wildman–Crippen MR) is 108 cm³/mol. The summed E-state index contributed by atoms with van der Waals surface area (Å²) in [7, 11) is 0. The molecular weight excluding hydrogens is 399 g/mol. The van der Waals surface area contributed by atoms with Crippen molar-refractivity contribution in [3.05, 3.63) is 69.9 Å². The highest BCUT2D eigenvalue weighted by molar-refractivity contribution is 7.13. The van der Waals surface area contributed by atoms with Crippen molar-refractivity contribution in [3.8, 4) is 16.3 Å². The van der Waals surface area contributed by atoms with Crippen molar-refractivity contribution < 1.29 is 13.9 Å². The van der Waals surface area contributed by atoms with Crippen LogP contribution in [-0.4, -0.2) is 17.4 Å². The lowest BCUT2D eigenvalue weighted by Crippen LogP contribution is -2.25. The number of ether oxygens (including phenoxy) is 1. The molecule has 144 valence electrons. The molecule has 1 aliphatic rings. The lowest BCUT2D eigenvalue weighted by atomic mass is 10.2. The number of halogens is 2. The molecule has 0 bridgehead atoms. The van der Waals surface area contributed by atoms with Crippen molar-refractivity contribution in [1.82, 2.24) is 10.3 Å². The number of nitrogens with one attached hydrogen (secondary N) is 1. The van der Waals surface area contributed by atoms with Crippen molar-refractivity contribution in [1.29, 1.82) is 0 Å². The second kappa shape index (κ2) is 8.29. The van der Waals surface area contributed by atoms with Crippen molar-refractivity contribution in [3.63, 3.8) is 0 Å². The lowest BCUT2D eigenvalue weighted by molar-refractivity contribution is 0.0947. The molecule has 4 nitrogen and oxygen atoms in total. The van der Waals surface area contributed by atoms with E-state index in [2.05, 4.69) is 10.3 Å². The predicted octanol–water partition coefficient (Wildman–Crippen LogP) is 5.32. The maximum Gasteiger partial charge on any atom is 0.270 e. The largest absolute Gasteiger partial charge is 0.489 e. The molecule has 1 aromatic heterocycles. The molecule has 4 rings (SSSR count). The lowest BCUT2D eigenvalue weighted by Gasteiger charge is -2.09. The number of amides is 1. The highest BCUT2D eigenvalue weighted by Gasteiger charge is 2.22. The smallest absolute Gasteiger partial charge is 0.270 e. The maximum absolute atomic E-state index is 13.7. The number of carbonyl (C=O) groups excluding carboxylic acids is 1. The molecule has 3 aromatic rings. The minimum Gasteiger partial charge on any atom is -0.489 e. The quantitative estimate of drug-likeness (QED) is 0.567. The maximum atomic E-state index is 13.7. The molecule has 1 fully saturated rings. The van der Waals surface area contributed by atoms with Crippen LogP contribution in [0.1, 0.15) is 28.9 Å². The molecule has 28 heavy (non-hydrogen) atoms. The Morgan fingerprint density at radius 3 is 2.86 bits per heavy atom. The van der Waals surface area contributed by atoms with Gasteiger partial charge in [-0.05, 0) is 43.0 Å². The van der Waals surface area contributed by atoms with Crippen LogP contribution in [0.15, 0.2) is 47.8 Å². The summed E-state index contributed by atoms with van der Waals surface area (Å²) in [4.78, 5) is 16.6. The number of benzene rings is 2. The first-order valence-electron chi connectivity index (χ1n) is 9.00. The Morgan fingerprint density at radius 2 is 2.11 bits per heavy atom. The highest BCUT2D eigenvalue weighted by atomic mass is 35.5. The zero-order valence-electron chi connectivity index (χ0n) is 15.0. The van der Waals surface area contributed by atoms with Gasteiger partial charge in [0.15, 0.2) is 0 Å². The summed E-state index contributed by atoms with van der Waals surface area (Å²) in [6.45, 7) is 0.825. The van der Waals surface area contributed by atoms with Crippen molar-refractivity contribution in [2.75, 3.05) is 6.54 Å². The number of carbonyl (C=O) groups is 1. The molecule has 7 heteroatoms. The zero-order chi connectivity index (χ0) is 19.5. The van der Waals surface area contributed by atoms with Crippen LogP contribution in [0.25, 0.3) is 10.6 Å². The van der Waals surface area contributed by atoms with E-state index >= 15 is 0 Å². The normalized spacial score (nSPS) is 13.4. The Hall–Kier alpha value is -2.44. The van der Waals surface area contributed by atoms with Crippen molar-refractivity contribution in [2.45, 2.75) is 19.4 Å². The van der Waals surface area contributed by atoms with E-state index in [1.165, 1.54) is 30.2 Å². The van der Waals surface area contributed by atoms with Crippen LogP contribution >= 0.6 is 22.9 Å². The van der Waals surface area contributed by atoms with E-state index in [4.69, 9.17) is 16.3 Å². The molecule has 0 radical (unpaired) electrons. The first-order chi connectivity index (χ1) is 13.6. The topological polar surface area (TPSA) is 51.2 Å². The number of rotatable bonds is 7. The van der Waals surface area contributed by atoms with Gasteiger partial charge in [-0.2, -0.15) is 0 Å². The monoisotopic (exact) mass is 416 g/mol. The summed E-state index contributed by atoms with van der Waals surface area (Å²) in [6, 6.07) is 11.7. The van der Waals surface area contributed by atoms with E-state index in [1.807, 2.05) is 0 Å². The number of thiazole rings is 1. The van der Waals surface area contributed by atoms with Gasteiger partial charge in [0.05, 0.1) is 5.02 Å². The van der Waals surface area contributed by atoms with Crippen molar-refractivity contribution in [2.24, 2.45) is 5.92 Å². The molecule has 1 amide bonds. The van der Waals surface area contributed by atoms with Gasteiger partial charge in [0.2, 0.25) is 0 Å². The minimum atomic E-state index is -0.305. The number of nitrogens with zero attached hydrogens (tertiary/aromatic N) is 1. The minimum absolute atomic E-state index is 0.116. The van der Waals surface area contributed by atoms with E-state index in [1.54, 1.807) is 41.8 Å². The summed E-state index contributed by atoms with van der Waals surface area (Å²) in [6.07, 6.45) is 2.37. The molecule has 0 aliphatic heterocycles. The van der Waals surface area contributed by atoms with Gasteiger partial charge in [0.1, 0.15) is 28.9 Å². The summed E-state index contributed by atoms with van der Waals surface area (Å²) in [5.41, 5.74) is 1.60. The van der Waals surface area contributed by atoms with Crippen LogP contribution in [0.5, 0.6) is 5.75 Å². The first-order valence-corrected chi connectivity index (χ1v) is 10.3. The van der Waals surface area contributed by atoms with Gasteiger partial charge in [-0.3, -0.25) is 4.79 Å². The van der Waals surface area contributed by atoms with Gasteiger partial charge >= 0.3 is 0 Å². The van der Waals surface area contributed by atoms with Gasteiger partial charge in [-0.1, -0.05) is 29.8 Å². The Kier molecular flexibility index (Phi) is 5.59. The van der Waals surface area contributed by atoms with Crippen molar-refractivity contribution >= 4 is 28.8 Å². The molecule has 0 atom stereocenters. The summed E-state index contributed by atoms with van der Waals surface area (Å²) < 4.78 is 19.3. The average Bonchev–Trinajstić information content (AvgIpc) is 3.40. The molecular formula is C21H18ClFN2O2S. The van der Waals surface area contributed by atoms with Gasteiger partial charge in [-0.15, -0.1) is 11.3 Å². The molecule has 1 heterocycles. The van der Waals surface area contributed by atoms with Crippen LogP contribution in [0, 0.1) is 11.7 Å². The van der Waals surface area contributed by atoms with Crippen LogP contribution in [0.2, 0.25) is 5.02 Å². The van der Waals surface area contributed by atoms with E-state index in [0.29, 0.717) is 39.5 Å². The summed E-state index contributed by atoms with van der Waals surface area (Å²) in [5.74, 6) is 0.695. The van der Waals surface area contributed by atoms with Gasteiger partial charge in [0.25, 0.3) is 5.91 Å². The van der Waals surface area contributed by atoms with E-state index < -0.39 is 0 Å². The molecule has 1 N–H and O–H groups in total. The Labute approximate surface area is 171 Å². The summed E-state index contributed by atoms with van der Waals surface area (Å²) >= 11 is 7.76. The van der Waals surface area contributed by atoms with Crippen LogP contribution < -0.4 is 10.1 Å². The zero-order valence-corrected chi connectivity index (χ0v) is 16.5. The third-order valence-electron chi connectivity index (χ3n) is 4.51. The van der Waals surface area contributed by atoms with Gasteiger partial charge in [0, 0.05) is 23.1 Å². The number of hydrogen-bond acceptors (Lipinski definition) is 4. The SMILES string of the molecule is O=C(NCC1CC1)c1csc(-c2ccc(OCc3ccccc3F)cc2Cl)n1. The Balaban J connectivity index is 1.42.